The van der Waals surface area contributed by atoms with Gasteiger partial charge in [0.05, 0.1) is 39.2 Å². The molecule has 3 fully saturated rings. The number of nitrogens with zero attached hydrogens (tertiary/aromatic N) is 4. The molecule has 0 aliphatic carbocycles. The summed E-state index contributed by atoms with van der Waals surface area (Å²) < 4.78 is 25.0. The van der Waals surface area contributed by atoms with Crippen molar-refractivity contribution in [3.63, 3.8) is 0 Å². The monoisotopic (exact) mass is 370 g/mol. The van der Waals surface area contributed by atoms with Gasteiger partial charge in [-0.3, -0.25) is 4.79 Å². The van der Waals surface area contributed by atoms with Crippen LogP contribution in [-0.4, -0.2) is 85.9 Å². The number of ether oxygens (including phenoxy) is 2. The van der Waals surface area contributed by atoms with Crippen molar-refractivity contribution in [1.29, 1.82) is 0 Å². The summed E-state index contributed by atoms with van der Waals surface area (Å²) in [5.41, 5.74) is -0.239. The van der Waals surface area contributed by atoms with E-state index in [-0.39, 0.29) is 24.4 Å². The summed E-state index contributed by atoms with van der Waals surface area (Å²) in [6.07, 6.45) is 1.24. The molecule has 2 atom stereocenters. The van der Waals surface area contributed by atoms with Crippen LogP contribution in [0.1, 0.15) is 0 Å². The van der Waals surface area contributed by atoms with Gasteiger partial charge in [0, 0.05) is 37.5 Å². The Labute approximate surface area is 150 Å². The Bertz CT molecular complexity index is 631. The lowest BCUT2D eigenvalue weighted by Gasteiger charge is -2.29. The minimum atomic E-state index is -0.407. The molecule has 0 bridgehead atoms. The van der Waals surface area contributed by atoms with Crippen molar-refractivity contribution in [2.24, 2.45) is 11.3 Å². The number of fused-ring (bicyclic) bond motifs is 1. The number of aliphatic hydroxyl groups is 1. The van der Waals surface area contributed by atoms with E-state index in [2.05, 4.69) is 9.97 Å². The average Bonchev–Trinajstić information content (AvgIpc) is 3.21. The molecule has 0 aromatic carbocycles. The number of aromatic nitrogens is 2. The molecule has 9 nitrogen and oxygen atoms in total. The smallest absolute Gasteiger partial charge is 0.290 e. The maximum absolute atomic E-state index is 14.1. The number of halogens is 1. The van der Waals surface area contributed by atoms with Crippen molar-refractivity contribution >= 4 is 18.2 Å². The Hall–Kier alpha value is -2.04. The van der Waals surface area contributed by atoms with Crippen molar-refractivity contribution in [1.82, 2.24) is 9.97 Å². The first-order chi connectivity index (χ1) is 12.6. The highest BCUT2D eigenvalue weighted by atomic mass is 19.1. The molecule has 4 rings (SSSR count). The van der Waals surface area contributed by atoms with Crippen LogP contribution in [0, 0.1) is 17.2 Å². The molecule has 0 saturated carbocycles. The van der Waals surface area contributed by atoms with Gasteiger partial charge in [0.25, 0.3) is 6.47 Å². The Kier molecular flexibility index (Phi) is 5.84. The molecule has 1 aromatic rings. The van der Waals surface area contributed by atoms with Crippen LogP contribution in [0.25, 0.3) is 0 Å². The second-order valence-electron chi connectivity index (χ2n) is 6.66. The lowest BCUT2D eigenvalue weighted by Crippen LogP contribution is -2.38. The lowest BCUT2D eigenvalue weighted by atomic mass is 9.82. The molecule has 3 aliphatic rings. The third-order valence-electron chi connectivity index (χ3n) is 5.14. The van der Waals surface area contributed by atoms with Gasteiger partial charge in [-0.1, -0.05) is 0 Å². The zero-order chi connectivity index (χ0) is 18.6. The SMILES string of the molecule is O=CO.OC[C@@]12COC[C@@H]1CN(c1ncc(F)c(N3CCOCC3)n1)C2. The van der Waals surface area contributed by atoms with Crippen LogP contribution in [0.4, 0.5) is 16.2 Å². The van der Waals surface area contributed by atoms with E-state index in [4.69, 9.17) is 19.4 Å². The third kappa shape index (κ3) is 3.57. The fraction of sp³-hybridized carbons (Fsp3) is 0.688. The molecule has 10 heteroatoms. The van der Waals surface area contributed by atoms with Crippen LogP contribution in [0.3, 0.4) is 0 Å². The minimum absolute atomic E-state index is 0.0890. The number of rotatable bonds is 3. The van der Waals surface area contributed by atoms with Crippen molar-refractivity contribution in [3.8, 4) is 0 Å². The van der Waals surface area contributed by atoms with Gasteiger partial charge in [-0.2, -0.15) is 4.98 Å². The Morgan fingerprint density at radius 2 is 2.08 bits per heavy atom. The van der Waals surface area contributed by atoms with E-state index < -0.39 is 5.82 Å². The third-order valence-corrected chi connectivity index (χ3v) is 5.14. The van der Waals surface area contributed by atoms with Gasteiger partial charge in [0.1, 0.15) is 0 Å². The van der Waals surface area contributed by atoms with Gasteiger partial charge < -0.3 is 29.5 Å². The van der Waals surface area contributed by atoms with Crippen LogP contribution < -0.4 is 9.80 Å². The maximum atomic E-state index is 14.1. The molecule has 2 N–H and O–H groups in total. The van der Waals surface area contributed by atoms with Crippen molar-refractivity contribution in [2.75, 3.05) is 69.0 Å². The maximum Gasteiger partial charge on any atom is 0.290 e. The molecule has 1 aromatic heterocycles. The van der Waals surface area contributed by atoms with Crippen LogP contribution in [0.5, 0.6) is 0 Å². The number of hydrogen-bond donors (Lipinski definition) is 2. The predicted molar refractivity (Wildman–Crippen MR) is 89.8 cm³/mol. The van der Waals surface area contributed by atoms with Crippen LogP contribution in [0.15, 0.2) is 6.20 Å². The first-order valence-corrected chi connectivity index (χ1v) is 8.50. The summed E-state index contributed by atoms with van der Waals surface area (Å²) in [5, 5.41) is 16.7. The summed E-state index contributed by atoms with van der Waals surface area (Å²) >= 11 is 0. The second-order valence-corrected chi connectivity index (χ2v) is 6.66. The second kappa shape index (κ2) is 8.11. The molecule has 0 spiro atoms. The summed E-state index contributed by atoms with van der Waals surface area (Å²) in [6, 6.07) is 0. The van der Waals surface area contributed by atoms with Crippen LogP contribution >= 0.6 is 0 Å². The standard InChI is InChI=1S/C15H21FN4O3.CH2O2/c16-12-5-17-14(18-13(12)19-1-3-22-4-2-19)20-6-11-7-23-10-15(11,8-20)9-21;2-1-3/h5,11,21H,1-4,6-10H2;1H,(H,2,3)/t11-,15-;/m0./s1. The van der Waals surface area contributed by atoms with Gasteiger partial charge in [-0.25, -0.2) is 9.37 Å². The molecule has 3 aliphatic heterocycles. The normalized spacial score (nSPS) is 27.7. The van der Waals surface area contributed by atoms with Gasteiger partial charge in [-0.15, -0.1) is 0 Å². The summed E-state index contributed by atoms with van der Waals surface area (Å²) in [7, 11) is 0. The lowest BCUT2D eigenvalue weighted by molar-refractivity contribution is -0.122. The predicted octanol–water partition coefficient (Wildman–Crippen LogP) is -0.402. The van der Waals surface area contributed by atoms with E-state index in [0.717, 1.165) is 6.54 Å². The summed E-state index contributed by atoms with van der Waals surface area (Å²) in [5.74, 6) is 0.725. The fourth-order valence-electron chi connectivity index (χ4n) is 3.71. The van der Waals surface area contributed by atoms with E-state index in [9.17, 15) is 9.50 Å². The fourth-order valence-corrected chi connectivity index (χ4v) is 3.71. The van der Waals surface area contributed by atoms with Crippen LogP contribution in [-0.2, 0) is 14.3 Å². The highest BCUT2D eigenvalue weighted by Crippen LogP contribution is 2.42. The number of hydrogen-bond acceptors (Lipinski definition) is 8. The molecular weight excluding hydrogens is 347 g/mol. The molecule has 4 heterocycles. The summed E-state index contributed by atoms with van der Waals surface area (Å²) in [6.45, 7) is 4.83. The van der Waals surface area contributed by atoms with Gasteiger partial charge in [0.2, 0.25) is 5.95 Å². The summed E-state index contributed by atoms with van der Waals surface area (Å²) in [4.78, 5) is 20.9. The molecular formula is C16H23FN4O5. The largest absolute Gasteiger partial charge is 0.483 e. The molecule has 0 amide bonds. The zero-order valence-corrected chi connectivity index (χ0v) is 14.4. The van der Waals surface area contributed by atoms with E-state index in [1.807, 2.05) is 9.80 Å². The Balaban J connectivity index is 0.000000613. The quantitative estimate of drug-likeness (QED) is 0.687. The van der Waals surface area contributed by atoms with E-state index in [1.54, 1.807) is 0 Å². The number of carbonyl (C=O) groups is 1. The average molecular weight is 370 g/mol. The zero-order valence-electron chi connectivity index (χ0n) is 14.4. The molecule has 0 unspecified atom stereocenters. The first kappa shape index (κ1) is 18.7. The topological polar surface area (TPSA) is 108 Å². The van der Waals surface area contributed by atoms with Crippen molar-refractivity contribution in [2.45, 2.75) is 0 Å². The molecule has 26 heavy (non-hydrogen) atoms. The highest BCUT2D eigenvalue weighted by molar-refractivity contribution is 5.46. The number of morpholine rings is 1. The van der Waals surface area contributed by atoms with E-state index in [1.165, 1.54) is 6.20 Å². The molecule has 3 saturated heterocycles. The van der Waals surface area contributed by atoms with E-state index >= 15 is 0 Å². The van der Waals surface area contributed by atoms with Crippen molar-refractivity contribution < 1.29 is 28.9 Å². The van der Waals surface area contributed by atoms with Crippen molar-refractivity contribution in [3.05, 3.63) is 12.0 Å². The molecule has 0 radical (unpaired) electrons. The molecule has 144 valence electrons. The Morgan fingerprint density at radius 3 is 2.73 bits per heavy atom. The van der Waals surface area contributed by atoms with Gasteiger partial charge >= 0.3 is 0 Å². The number of carboxylic acid groups (broad SMARTS) is 1. The van der Waals surface area contributed by atoms with E-state index in [0.29, 0.717) is 57.8 Å². The van der Waals surface area contributed by atoms with Gasteiger partial charge in [-0.05, 0) is 0 Å². The van der Waals surface area contributed by atoms with Crippen LogP contribution in [0.2, 0.25) is 0 Å². The highest BCUT2D eigenvalue weighted by Gasteiger charge is 2.51. The Morgan fingerprint density at radius 1 is 1.35 bits per heavy atom. The first-order valence-electron chi connectivity index (χ1n) is 8.50. The van der Waals surface area contributed by atoms with Gasteiger partial charge in [0.15, 0.2) is 11.6 Å². The number of anilines is 2. The minimum Gasteiger partial charge on any atom is -0.483 e. The number of aliphatic hydroxyl groups excluding tert-OH is 1.